The molecule has 0 radical (unpaired) electrons. The minimum absolute atomic E-state index is 0. The molecule has 0 unspecified atom stereocenters. The summed E-state index contributed by atoms with van der Waals surface area (Å²) in [7, 11) is 0. The van der Waals surface area contributed by atoms with E-state index < -0.39 is 0 Å². The zero-order chi connectivity index (χ0) is 10.7. The van der Waals surface area contributed by atoms with Crippen LogP contribution in [0, 0.1) is 16.2 Å². The Morgan fingerprint density at radius 1 is 0.692 bits per heavy atom. The summed E-state index contributed by atoms with van der Waals surface area (Å²) in [6, 6.07) is 0. The van der Waals surface area contributed by atoms with Crippen molar-refractivity contribution in [3.8, 4) is 0 Å². The minimum Gasteiger partial charge on any atom is -0.486 e. The second kappa shape index (κ2) is 17.1. The average Bonchev–Trinajstić information content (AvgIpc) is 1.54. The van der Waals surface area contributed by atoms with Crippen molar-refractivity contribution in [3.63, 3.8) is 0 Å². The Labute approximate surface area is 89.5 Å². The first-order valence-electron chi connectivity index (χ1n) is 3.00. The van der Waals surface area contributed by atoms with E-state index in [2.05, 4.69) is 0 Å². The third kappa shape index (κ3) is 782. The Hall–Kier alpha value is -1.06. The Balaban J connectivity index is -0.0000000450. The Morgan fingerprint density at radius 3 is 0.692 bits per heavy atom. The van der Waals surface area contributed by atoms with Crippen LogP contribution in [-0.2, 0) is 0 Å². The molecule has 13 heavy (non-hydrogen) atoms. The number of nitrogens with one attached hydrogen (secondary N) is 6. The summed E-state index contributed by atoms with van der Waals surface area (Å²) in [5.74, 6) is -0.250. The molecule has 0 aromatic rings. The minimum atomic E-state index is -0.0833. The van der Waals surface area contributed by atoms with E-state index >= 15 is 0 Å². The van der Waals surface area contributed by atoms with E-state index in [1.54, 1.807) is 0 Å². The van der Waals surface area contributed by atoms with Crippen molar-refractivity contribution in [1.82, 2.24) is 0 Å². The standard InChI is InChI=1S/3C2H5N2.Al/c3*1-2(3)4;/h3*1H3,(H2-,3,4);/q3*-1;+3. The van der Waals surface area contributed by atoms with E-state index in [0.29, 0.717) is 0 Å². The summed E-state index contributed by atoms with van der Waals surface area (Å²) in [5, 5.41) is 18.5. The molecule has 0 aliphatic rings. The molecular weight excluding hydrogens is 183 g/mol. The van der Waals surface area contributed by atoms with Gasteiger partial charge in [0.1, 0.15) is 0 Å². The third-order valence-corrected chi connectivity index (χ3v) is 0. The zero-order valence-corrected chi connectivity index (χ0v) is 9.23. The first kappa shape index (κ1) is 22.7. The first-order chi connectivity index (χ1) is 5.20. The van der Waals surface area contributed by atoms with Gasteiger partial charge in [0.15, 0.2) is 0 Å². The molecule has 0 amide bonds. The molecule has 0 aromatic heterocycles. The molecule has 0 aliphatic carbocycles. The first-order valence-corrected chi connectivity index (χ1v) is 3.00. The molecule has 0 fully saturated rings. The molecule has 72 valence electrons. The van der Waals surface area contributed by atoms with Crippen LogP contribution >= 0.6 is 0 Å². The zero-order valence-electron chi connectivity index (χ0n) is 8.08. The van der Waals surface area contributed by atoms with Crippen molar-refractivity contribution >= 4 is 34.9 Å². The van der Waals surface area contributed by atoms with Crippen LogP contribution in [0.5, 0.6) is 0 Å². The van der Waals surface area contributed by atoms with Gasteiger partial charge in [0.25, 0.3) is 0 Å². The average molecular weight is 198 g/mol. The molecule has 0 spiro atoms. The van der Waals surface area contributed by atoms with E-state index in [9.17, 15) is 0 Å². The van der Waals surface area contributed by atoms with E-state index in [1.165, 1.54) is 20.8 Å². The van der Waals surface area contributed by atoms with Gasteiger partial charge in [-0.2, -0.15) is 0 Å². The largest absolute Gasteiger partial charge is 3.00 e. The van der Waals surface area contributed by atoms with Crippen molar-refractivity contribution in [3.05, 3.63) is 17.2 Å². The van der Waals surface area contributed by atoms with Crippen LogP contribution in [-0.4, -0.2) is 34.9 Å². The van der Waals surface area contributed by atoms with Gasteiger partial charge in [0, 0.05) is 0 Å². The van der Waals surface area contributed by atoms with Gasteiger partial charge < -0.3 is 33.4 Å². The van der Waals surface area contributed by atoms with Gasteiger partial charge in [-0.25, -0.2) is 0 Å². The molecule has 0 saturated carbocycles. The fourth-order valence-electron chi connectivity index (χ4n) is 0. The summed E-state index contributed by atoms with van der Waals surface area (Å²) in [6.07, 6.45) is 0. The Morgan fingerprint density at radius 2 is 0.692 bits per heavy atom. The maximum Gasteiger partial charge on any atom is 3.00 e. The molecule has 0 heterocycles. The van der Waals surface area contributed by atoms with Crippen LogP contribution in [0.4, 0.5) is 0 Å². The topological polar surface area (TPSA) is 143 Å². The summed E-state index contributed by atoms with van der Waals surface area (Å²) in [5.41, 5.74) is 18.5. The molecule has 6 nitrogen and oxygen atoms in total. The maximum atomic E-state index is 6.17. The number of amidine groups is 3. The molecule has 0 bridgehead atoms. The van der Waals surface area contributed by atoms with Crippen LogP contribution < -0.4 is 0 Å². The summed E-state index contributed by atoms with van der Waals surface area (Å²) < 4.78 is 0. The molecule has 7 heteroatoms. The van der Waals surface area contributed by atoms with Crippen LogP contribution in [0.1, 0.15) is 20.8 Å². The second-order valence-corrected chi connectivity index (χ2v) is 1.88. The Bertz CT molecular complexity index is 115. The summed E-state index contributed by atoms with van der Waals surface area (Å²) in [4.78, 5) is 0. The van der Waals surface area contributed by atoms with Crippen LogP contribution in [0.15, 0.2) is 0 Å². The molecule has 0 aliphatic heterocycles. The molecule has 0 saturated heterocycles. The van der Waals surface area contributed by atoms with Gasteiger partial charge >= 0.3 is 17.4 Å². The monoisotopic (exact) mass is 198 g/mol. The summed E-state index contributed by atoms with van der Waals surface area (Å²) >= 11 is 0. The van der Waals surface area contributed by atoms with Gasteiger partial charge in [-0.1, -0.05) is 17.5 Å². The predicted molar refractivity (Wildman–Crippen MR) is 58.9 cm³/mol. The van der Waals surface area contributed by atoms with E-state index in [1.807, 2.05) is 0 Å². The van der Waals surface area contributed by atoms with Crippen LogP contribution in [0.3, 0.4) is 0 Å². The maximum absolute atomic E-state index is 6.17. The van der Waals surface area contributed by atoms with Crippen molar-refractivity contribution in [1.29, 1.82) is 16.2 Å². The Kier molecular flexibility index (Phi) is 29.9. The van der Waals surface area contributed by atoms with E-state index in [0.717, 1.165) is 0 Å². The van der Waals surface area contributed by atoms with E-state index in [-0.39, 0.29) is 34.9 Å². The number of hydrogen-bond donors (Lipinski definition) is 3. The van der Waals surface area contributed by atoms with Gasteiger partial charge in [-0.15, -0.1) is 0 Å². The molecule has 0 rings (SSSR count). The van der Waals surface area contributed by atoms with Crippen LogP contribution in [0.2, 0.25) is 0 Å². The molecular formula is C6H15AlN6. The van der Waals surface area contributed by atoms with Gasteiger partial charge in [-0.05, 0) is 20.8 Å². The fraction of sp³-hybridized carbons (Fsp3) is 0.500. The second-order valence-electron chi connectivity index (χ2n) is 1.88. The van der Waals surface area contributed by atoms with Gasteiger partial charge in [-0.3, -0.25) is 0 Å². The van der Waals surface area contributed by atoms with E-state index in [4.69, 9.17) is 33.4 Å². The predicted octanol–water partition coefficient (Wildman–Crippen LogP) is 2.73. The molecule has 0 aromatic carbocycles. The van der Waals surface area contributed by atoms with Gasteiger partial charge in [0.05, 0.1) is 0 Å². The number of rotatable bonds is 0. The van der Waals surface area contributed by atoms with Crippen molar-refractivity contribution in [2.24, 2.45) is 0 Å². The normalized spacial score (nSPS) is 5.77. The van der Waals surface area contributed by atoms with Crippen molar-refractivity contribution in [2.45, 2.75) is 20.8 Å². The fourth-order valence-corrected chi connectivity index (χ4v) is 0. The SMILES string of the molecule is CC(=N)[NH-].CC(=N)[NH-].CC(=N)[NH-].[Al+3]. The number of hydrogen-bond acceptors (Lipinski definition) is 3. The molecule has 6 N–H and O–H groups in total. The van der Waals surface area contributed by atoms with Crippen molar-refractivity contribution < 1.29 is 0 Å². The third-order valence-electron chi connectivity index (χ3n) is 0. The van der Waals surface area contributed by atoms with Gasteiger partial charge in [0.2, 0.25) is 0 Å². The summed E-state index contributed by atoms with van der Waals surface area (Å²) in [6.45, 7) is 4.25. The molecule has 0 atom stereocenters. The van der Waals surface area contributed by atoms with Crippen LogP contribution in [0.25, 0.3) is 17.2 Å². The van der Waals surface area contributed by atoms with Crippen molar-refractivity contribution in [2.75, 3.05) is 0 Å². The quantitative estimate of drug-likeness (QED) is 0.299. The smallest absolute Gasteiger partial charge is 0.486 e.